The largest absolute Gasteiger partial charge is 0.374 e. The number of aliphatic imine (C=N–C) groups is 1. The van der Waals surface area contributed by atoms with Crippen LogP contribution in [-0.2, 0) is 19.5 Å². The summed E-state index contributed by atoms with van der Waals surface area (Å²) in [7, 11) is 2.18. The average Bonchev–Trinajstić information content (AvgIpc) is 3.00. The van der Waals surface area contributed by atoms with Gasteiger partial charge in [0.1, 0.15) is 0 Å². The molecular formula is C22H34N6. The van der Waals surface area contributed by atoms with Crippen LogP contribution in [0.25, 0.3) is 0 Å². The maximum atomic E-state index is 4.78. The van der Waals surface area contributed by atoms with Crippen molar-refractivity contribution in [3.05, 3.63) is 46.8 Å². The molecule has 2 N–H and O–H groups in total. The lowest BCUT2D eigenvalue weighted by molar-refractivity contribution is 0.555. The number of nitrogens with one attached hydrogen (secondary N) is 2. The molecule has 0 spiro atoms. The molecule has 2 aromatic rings. The topological polar surface area (TPSA) is 57.5 Å². The van der Waals surface area contributed by atoms with E-state index >= 15 is 0 Å². The van der Waals surface area contributed by atoms with Gasteiger partial charge in [0.15, 0.2) is 5.96 Å². The molecule has 6 nitrogen and oxygen atoms in total. The van der Waals surface area contributed by atoms with E-state index in [4.69, 9.17) is 4.99 Å². The zero-order chi connectivity index (χ0) is 19.9. The van der Waals surface area contributed by atoms with Crippen molar-refractivity contribution in [2.24, 2.45) is 4.99 Å². The van der Waals surface area contributed by atoms with Crippen molar-refractivity contribution >= 4 is 11.6 Å². The maximum Gasteiger partial charge on any atom is 0.191 e. The summed E-state index contributed by atoms with van der Waals surface area (Å²) in [5, 5.41) is 11.3. The minimum absolute atomic E-state index is 0.698. The first-order valence-corrected chi connectivity index (χ1v) is 10.4. The molecule has 152 valence electrons. The molecule has 0 fully saturated rings. The third-order valence-electron chi connectivity index (χ3n) is 5.20. The minimum Gasteiger partial charge on any atom is -0.374 e. The Morgan fingerprint density at radius 1 is 1.21 bits per heavy atom. The summed E-state index contributed by atoms with van der Waals surface area (Å²) in [5.74, 6) is 0.880. The number of anilines is 1. The van der Waals surface area contributed by atoms with Crippen LogP contribution in [0.2, 0.25) is 0 Å². The van der Waals surface area contributed by atoms with Crippen LogP contribution in [0.15, 0.2) is 29.3 Å². The number of nitrogens with zero attached hydrogens (tertiary/aromatic N) is 4. The van der Waals surface area contributed by atoms with E-state index in [1.165, 1.54) is 35.3 Å². The SMILES string of the molecule is CCNC(=NCc1ccc2c(c1)CCCN2C)NCCCn1nc(C)cc1C. The van der Waals surface area contributed by atoms with E-state index < -0.39 is 0 Å². The fourth-order valence-corrected chi connectivity index (χ4v) is 3.79. The summed E-state index contributed by atoms with van der Waals surface area (Å²) in [4.78, 5) is 7.12. The minimum atomic E-state index is 0.698. The Morgan fingerprint density at radius 2 is 2.07 bits per heavy atom. The van der Waals surface area contributed by atoms with Gasteiger partial charge in [0.05, 0.1) is 12.2 Å². The second kappa shape index (κ2) is 9.62. The van der Waals surface area contributed by atoms with E-state index in [-0.39, 0.29) is 0 Å². The highest BCUT2D eigenvalue weighted by atomic mass is 15.3. The van der Waals surface area contributed by atoms with Crippen LogP contribution in [-0.4, -0.2) is 42.4 Å². The van der Waals surface area contributed by atoms with Crippen LogP contribution in [0, 0.1) is 13.8 Å². The quantitative estimate of drug-likeness (QED) is 0.439. The molecule has 0 bridgehead atoms. The number of aryl methyl sites for hydroxylation is 4. The molecule has 0 radical (unpaired) electrons. The van der Waals surface area contributed by atoms with Gasteiger partial charge in [-0.15, -0.1) is 0 Å². The standard InChI is InChI=1S/C22H34N6/c1-5-23-22(24-11-7-13-28-18(3)14-17(2)26-28)25-16-19-9-10-21-20(15-19)8-6-12-27(21)4/h9-10,14-15H,5-8,11-13,16H2,1-4H3,(H2,23,24,25). The molecule has 1 aliphatic heterocycles. The zero-order valence-electron chi connectivity index (χ0n) is 17.8. The molecule has 1 aromatic carbocycles. The average molecular weight is 383 g/mol. The molecule has 6 heteroatoms. The molecule has 2 heterocycles. The van der Waals surface area contributed by atoms with Gasteiger partial charge >= 0.3 is 0 Å². The predicted octanol–water partition coefficient (Wildman–Crippen LogP) is 3.03. The summed E-state index contributed by atoms with van der Waals surface area (Å²) >= 11 is 0. The molecule has 0 aliphatic carbocycles. The second-order valence-corrected chi connectivity index (χ2v) is 7.61. The molecule has 3 rings (SSSR count). The normalized spacial score (nSPS) is 14.1. The highest BCUT2D eigenvalue weighted by molar-refractivity contribution is 5.79. The fraction of sp³-hybridized carbons (Fsp3) is 0.545. The number of rotatable bonds is 7. The van der Waals surface area contributed by atoms with Gasteiger partial charge < -0.3 is 15.5 Å². The number of hydrogen-bond acceptors (Lipinski definition) is 3. The van der Waals surface area contributed by atoms with Gasteiger partial charge in [-0.1, -0.05) is 12.1 Å². The Morgan fingerprint density at radius 3 is 2.82 bits per heavy atom. The van der Waals surface area contributed by atoms with Crippen molar-refractivity contribution in [2.45, 2.75) is 53.1 Å². The lowest BCUT2D eigenvalue weighted by atomic mass is 10.00. The molecule has 28 heavy (non-hydrogen) atoms. The Bertz CT molecular complexity index is 807. The monoisotopic (exact) mass is 382 g/mol. The molecule has 0 saturated heterocycles. The summed E-state index contributed by atoms with van der Waals surface area (Å²) in [6, 6.07) is 8.89. The number of benzene rings is 1. The van der Waals surface area contributed by atoms with E-state index in [2.05, 4.69) is 70.5 Å². The summed E-state index contributed by atoms with van der Waals surface area (Å²) in [5.41, 5.74) is 6.39. The summed E-state index contributed by atoms with van der Waals surface area (Å²) < 4.78 is 2.07. The third-order valence-corrected chi connectivity index (χ3v) is 5.20. The van der Waals surface area contributed by atoms with Gasteiger partial charge in [0, 0.05) is 44.6 Å². The van der Waals surface area contributed by atoms with E-state index in [0.29, 0.717) is 6.54 Å². The summed E-state index contributed by atoms with van der Waals surface area (Å²) in [6.07, 6.45) is 3.41. The molecule has 0 saturated carbocycles. The van der Waals surface area contributed by atoms with Crippen molar-refractivity contribution in [3.8, 4) is 0 Å². The van der Waals surface area contributed by atoms with Crippen molar-refractivity contribution < 1.29 is 0 Å². The van der Waals surface area contributed by atoms with Crippen LogP contribution in [0.1, 0.15) is 42.3 Å². The highest BCUT2D eigenvalue weighted by Gasteiger charge is 2.13. The van der Waals surface area contributed by atoms with Gasteiger partial charge in [-0.2, -0.15) is 5.10 Å². The van der Waals surface area contributed by atoms with Crippen molar-refractivity contribution in [1.82, 2.24) is 20.4 Å². The van der Waals surface area contributed by atoms with Crippen molar-refractivity contribution in [3.63, 3.8) is 0 Å². The molecule has 0 unspecified atom stereocenters. The van der Waals surface area contributed by atoms with Crippen molar-refractivity contribution in [1.29, 1.82) is 0 Å². The number of fused-ring (bicyclic) bond motifs is 1. The van der Waals surface area contributed by atoms with Crippen LogP contribution < -0.4 is 15.5 Å². The van der Waals surface area contributed by atoms with Gasteiger partial charge in [0.2, 0.25) is 0 Å². The molecular weight excluding hydrogens is 348 g/mol. The van der Waals surface area contributed by atoms with Gasteiger partial charge in [0.25, 0.3) is 0 Å². The van der Waals surface area contributed by atoms with Crippen LogP contribution in [0.4, 0.5) is 5.69 Å². The first-order valence-electron chi connectivity index (χ1n) is 10.4. The smallest absolute Gasteiger partial charge is 0.191 e. The lowest BCUT2D eigenvalue weighted by Gasteiger charge is -2.27. The Hall–Kier alpha value is -2.50. The molecule has 1 aliphatic rings. The Kier molecular flexibility index (Phi) is 6.95. The Balaban J connectivity index is 1.53. The molecule has 0 amide bonds. The van der Waals surface area contributed by atoms with Crippen LogP contribution >= 0.6 is 0 Å². The molecule has 0 atom stereocenters. The van der Waals surface area contributed by atoms with E-state index in [1.54, 1.807) is 0 Å². The number of hydrogen-bond donors (Lipinski definition) is 2. The summed E-state index contributed by atoms with van der Waals surface area (Å²) in [6.45, 7) is 10.7. The van der Waals surface area contributed by atoms with E-state index in [9.17, 15) is 0 Å². The van der Waals surface area contributed by atoms with Gasteiger partial charge in [-0.25, -0.2) is 4.99 Å². The first kappa shape index (κ1) is 20.2. The van der Waals surface area contributed by atoms with Gasteiger partial charge in [-0.3, -0.25) is 4.68 Å². The lowest BCUT2D eigenvalue weighted by Crippen LogP contribution is -2.38. The number of guanidine groups is 1. The second-order valence-electron chi connectivity index (χ2n) is 7.61. The van der Waals surface area contributed by atoms with Crippen LogP contribution in [0.3, 0.4) is 0 Å². The first-order chi connectivity index (χ1) is 13.6. The predicted molar refractivity (Wildman–Crippen MR) is 117 cm³/mol. The third kappa shape index (κ3) is 5.27. The van der Waals surface area contributed by atoms with Gasteiger partial charge in [-0.05, 0) is 63.3 Å². The maximum absolute atomic E-state index is 4.78. The van der Waals surface area contributed by atoms with E-state index in [0.717, 1.165) is 44.3 Å². The van der Waals surface area contributed by atoms with Crippen LogP contribution in [0.5, 0.6) is 0 Å². The number of aromatic nitrogens is 2. The molecule has 1 aromatic heterocycles. The van der Waals surface area contributed by atoms with E-state index in [1.807, 2.05) is 6.92 Å². The zero-order valence-corrected chi connectivity index (χ0v) is 17.8. The van der Waals surface area contributed by atoms with Crippen molar-refractivity contribution in [2.75, 3.05) is 31.6 Å². The fourth-order valence-electron chi connectivity index (χ4n) is 3.79. The Labute approximate surface area is 169 Å². The highest BCUT2D eigenvalue weighted by Crippen LogP contribution is 2.26.